The molecule has 6 rings (SSSR count). The van der Waals surface area contributed by atoms with E-state index >= 15 is 0 Å². The highest BCUT2D eigenvalue weighted by Gasteiger charge is 2.34. The van der Waals surface area contributed by atoms with E-state index < -0.39 is 22.6 Å². The molecule has 0 unspecified atom stereocenters. The molecular formula is C29H28F3N9O2. The van der Waals surface area contributed by atoms with Gasteiger partial charge in [-0.2, -0.15) is 18.3 Å². The zero-order chi connectivity index (χ0) is 30.5. The van der Waals surface area contributed by atoms with Gasteiger partial charge in [-0.3, -0.25) is 19.2 Å². The number of alkyl halides is 3. The molecule has 0 bridgehead atoms. The predicted octanol–water partition coefficient (Wildman–Crippen LogP) is 3.46. The van der Waals surface area contributed by atoms with Crippen molar-refractivity contribution in [1.29, 1.82) is 0 Å². The Hall–Kier alpha value is -4.82. The van der Waals surface area contributed by atoms with E-state index in [4.69, 9.17) is 5.73 Å². The number of nitrogens with two attached hydrogens (primary N) is 1. The number of nitrogen functional groups attached to an aromatic ring is 1. The monoisotopic (exact) mass is 591 g/mol. The van der Waals surface area contributed by atoms with Gasteiger partial charge in [0.25, 0.3) is 10.9 Å². The zero-order valence-corrected chi connectivity index (χ0v) is 23.4. The number of hydrogen-bond acceptors (Lipinski definition) is 10. The Bertz CT molecular complexity index is 1900. The Morgan fingerprint density at radius 1 is 0.930 bits per heavy atom. The van der Waals surface area contributed by atoms with Gasteiger partial charge in [0.05, 0.1) is 16.8 Å². The van der Waals surface area contributed by atoms with E-state index in [1.807, 2.05) is 24.1 Å². The lowest BCUT2D eigenvalue weighted by Crippen LogP contribution is -2.44. The Morgan fingerprint density at radius 3 is 2.37 bits per heavy atom. The third-order valence-corrected chi connectivity index (χ3v) is 7.61. The first-order valence-electron chi connectivity index (χ1n) is 13.5. The molecule has 14 heteroatoms. The summed E-state index contributed by atoms with van der Waals surface area (Å²) in [5.74, 6) is 0.445. The van der Waals surface area contributed by atoms with Crippen LogP contribution in [0.3, 0.4) is 0 Å². The van der Waals surface area contributed by atoms with Crippen LogP contribution in [0.15, 0.2) is 58.3 Å². The number of aromatic nitrogens is 4. The molecule has 0 amide bonds. The van der Waals surface area contributed by atoms with Gasteiger partial charge in [-0.1, -0.05) is 12.1 Å². The number of anilines is 5. The number of fused-ring (bicyclic) bond motifs is 1. The molecule has 1 fully saturated rings. The quantitative estimate of drug-likeness (QED) is 0.242. The standard InChI is InChI=1S/C29H28F3N9O2/c1-39-7-9-41(10-8-39)15-17-3-5-19(12-20(17)29(30,31)32)35-24-25(27(43)26(24)42)37-23-13-22(40(2)38-23)16-4-6-21-18(11-16)14-34-28(33)36-21/h3-6,11-14,35H,7-10,15H2,1-2H3,(H,37,38)(H2,33,34,36). The average Bonchev–Trinajstić information content (AvgIpc) is 3.35. The number of piperazine rings is 1. The Kier molecular flexibility index (Phi) is 7.10. The molecule has 1 aliphatic rings. The first kappa shape index (κ1) is 28.3. The minimum Gasteiger partial charge on any atom is -0.368 e. The molecule has 222 valence electrons. The van der Waals surface area contributed by atoms with Crippen LogP contribution < -0.4 is 27.2 Å². The van der Waals surface area contributed by atoms with Crippen LogP contribution in [0.25, 0.3) is 22.2 Å². The molecule has 0 saturated carbocycles. The number of benzene rings is 2. The van der Waals surface area contributed by atoms with Gasteiger partial charge in [0.2, 0.25) is 5.95 Å². The topological polar surface area (TPSA) is 134 Å². The van der Waals surface area contributed by atoms with Crippen LogP contribution in [0.1, 0.15) is 11.1 Å². The molecule has 5 aromatic rings. The van der Waals surface area contributed by atoms with Crippen LogP contribution >= 0.6 is 0 Å². The summed E-state index contributed by atoms with van der Waals surface area (Å²) in [6.45, 7) is 3.07. The number of rotatable bonds is 7. The molecule has 3 heterocycles. The predicted molar refractivity (Wildman–Crippen MR) is 158 cm³/mol. The molecule has 0 radical (unpaired) electrons. The Balaban J connectivity index is 1.23. The molecule has 1 saturated heterocycles. The van der Waals surface area contributed by atoms with Crippen molar-refractivity contribution in [2.24, 2.45) is 7.05 Å². The summed E-state index contributed by atoms with van der Waals surface area (Å²) >= 11 is 0. The Labute approximate surface area is 243 Å². The normalized spacial score (nSPS) is 14.9. The number of likely N-dealkylation sites (N-methyl/N-ethyl adjacent to an activating group) is 1. The second-order valence-electron chi connectivity index (χ2n) is 10.6. The Morgan fingerprint density at radius 2 is 1.65 bits per heavy atom. The number of aryl methyl sites for hydroxylation is 1. The van der Waals surface area contributed by atoms with Crippen molar-refractivity contribution >= 4 is 39.7 Å². The van der Waals surface area contributed by atoms with Crippen molar-refractivity contribution in [3.05, 3.63) is 80.2 Å². The van der Waals surface area contributed by atoms with Crippen molar-refractivity contribution in [2.75, 3.05) is 49.6 Å². The maximum Gasteiger partial charge on any atom is 0.416 e. The van der Waals surface area contributed by atoms with E-state index in [2.05, 4.69) is 30.6 Å². The minimum absolute atomic E-state index is 0.0466. The maximum atomic E-state index is 14.0. The van der Waals surface area contributed by atoms with E-state index in [9.17, 15) is 22.8 Å². The van der Waals surface area contributed by atoms with E-state index in [-0.39, 0.29) is 40.9 Å². The summed E-state index contributed by atoms with van der Waals surface area (Å²) in [7, 11) is 3.70. The van der Waals surface area contributed by atoms with Gasteiger partial charge in [0, 0.05) is 68.7 Å². The van der Waals surface area contributed by atoms with Gasteiger partial charge in [-0.15, -0.1) is 0 Å². The zero-order valence-electron chi connectivity index (χ0n) is 23.4. The largest absolute Gasteiger partial charge is 0.416 e. The summed E-state index contributed by atoms with van der Waals surface area (Å²) in [5.41, 5.74) is 5.40. The lowest BCUT2D eigenvalue weighted by molar-refractivity contribution is -0.138. The summed E-state index contributed by atoms with van der Waals surface area (Å²) < 4.78 is 43.7. The summed E-state index contributed by atoms with van der Waals surface area (Å²) in [5, 5.41) is 10.7. The van der Waals surface area contributed by atoms with Crippen molar-refractivity contribution in [3.8, 4) is 11.3 Å². The molecule has 2 aromatic heterocycles. The van der Waals surface area contributed by atoms with Gasteiger partial charge < -0.3 is 21.3 Å². The molecule has 11 nitrogen and oxygen atoms in total. The number of nitrogens with one attached hydrogen (secondary N) is 2. The minimum atomic E-state index is -4.60. The van der Waals surface area contributed by atoms with E-state index in [1.54, 1.807) is 30.1 Å². The number of hydrogen-bond donors (Lipinski definition) is 3. The molecule has 0 spiro atoms. The lowest BCUT2D eigenvalue weighted by atomic mass is 10.0. The SMILES string of the molecule is CN1CCN(Cc2ccc(Nc3c(Nc4cc(-c5ccc6nc(N)ncc6c5)n(C)n4)c(=O)c3=O)cc2C(F)(F)F)CC1. The van der Waals surface area contributed by atoms with Crippen molar-refractivity contribution in [1.82, 2.24) is 29.5 Å². The second-order valence-corrected chi connectivity index (χ2v) is 10.6. The fraction of sp³-hybridized carbons (Fsp3) is 0.276. The van der Waals surface area contributed by atoms with Crippen molar-refractivity contribution < 1.29 is 13.2 Å². The second kappa shape index (κ2) is 10.8. The van der Waals surface area contributed by atoms with Crippen LogP contribution in [0.2, 0.25) is 0 Å². The summed E-state index contributed by atoms with van der Waals surface area (Å²) in [6, 6.07) is 11.1. The van der Waals surface area contributed by atoms with Crippen molar-refractivity contribution in [2.45, 2.75) is 12.7 Å². The highest BCUT2D eigenvalue weighted by molar-refractivity contribution is 5.85. The maximum absolute atomic E-state index is 14.0. The lowest BCUT2D eigenvalue weighted by Gasteiger charge is -2.33. The smallest absolute Gasteiger partial charge is 0.368 e. The number of halogens is 3. The van der Waals surface area contributed by atoms with Gasteiger partial charge in [-0.05, 0) is 36.9 Å². The highest BCUT2D eigenvalue weighted by Crippen LogP contribution is 2.36. The summed E-state index contributed by atoms with van der Waals surface area (Å²) in [6.07, 6.45) is -2.98. The molecular weight excluding hydrogens is 563 g/mol. The third-order valence-electron chi connectivity index (χ3n) is 7.61. The summed E-state index contributed by atoms with van der Waals surface area (Å²) in [4.78, 5) is 37.3. The average molecular weight is 592 g/mol. The fourth-order valence-electron chi connectivity index (χ4n) is 5.21. The first-order chi connectivity index (χ1) is 20.5. The number of nitrogens with zero attached hydrogens (tertiary/aromatic N) is 6. The van der Waals surface area contributed by atoms with Crippen LogP contribution in [-0.4, -0.2) is 62.8 Å². The van der Waals surface area contributed by atoms with E-state index in [0.29, 0.717) is 24.3 Å². The van der Waals surface area contributed by atoms with Gasteiger partial charge in [0.15, 0.2) is 5.82 Å². The van der Waals surface area contributed by atoms with Crippen LogP contribution in [-0.2, 0) is 19.8 Å². The third kappa shape index (κ3) is 5.66. The highest BCUT2D eigenvalue weighted by atomic mass is 19.4. The molecule has 43 heavy (non-hydrogen) atoms. The molecule has 1 aliphatic heterocycles. The molecule has 0 aliphatic carbocycles. The van der Waals surface area contributed by atoms with Gasteiger partial charge in [0.1, 0.15) is 11.4 Å². The molecule has 0 atom stereocenters. The molecule has 3 aromatic carbocycles. The molecule has 4 N–H and O–H groups in total. The van der Waals surface area contributed by atoms with E-state index in [1.165, 1.54) is 12.1 Å². The van der Waals surface area contributed by atoms with Crippen LogP contribution in [0, 0.1) is 0 Å². The van der Waals surface area contributed by atoms with Crippen LogP contribution in [0.4, 0.5) is 42.0 Å². The first-order valence-corrected chi connectivity index (χ1v) is 13.5. The van der Waals surface area contributed by atoms with Gasteiger partial charge >= 0.3 is 6.18 Å². The fourth-order valence-corrected chi connectivity index (χ4v) is 5.21. The van der Waals surface area contributed by atoms with Crippen molar-refractivity contribution in [3.63, 3.8) is 0 Å². The van der Waals surface area contributed by atoms with Gasteiger partial charge in [-0.25, -0.2) is 9.97 Å². The van der Waals surface area contributed by atoms with Crippen LogP contribution in [0.5, 0.6) is 0 Å². The van der Waals surface area contributed by atoms with E-state index in [0.717, 1.165) is 30.1 Å².